The molecule has 0 amide bonds. The van der Waals surface area contributed by atoms with Crippen LogP contribution in [0.25, 0.3) is 0 Å². The van der Waals surface area contributed by atoms with E-state index in [1.165, 1.54) is 0 Å². The second-order valence-corrected chi connectivity index (χ2v) is 7.80. The molecule has 2 aliphatic rings. The molecule has 2 heterocycles. The van der Waals surface area contributed by atoms with Gasteiger partial charge in [0.2, 0.25) is 10.0 Å². The molecule has 0 aliphatic carbocycles. The lowest BCUT2D eigenvalue weighted by Gasteiger charge is -2.28. The maximum atomic E-state index is 12.5. The average molecular weight is 340 g/mol. The van der Waals surface area contributed by atoms with Gasteiger partial charge in [0.15, 0.2) is 0 Å². The van der Waals surface area contributed by atoms with Crippen molar-refractivity contribution in [3.8, 4) is 0 Å². The first-order chi connectivity index (χ1) is 8.63. The predicted molar refractivity (Wildman–Crippen MR) is 75.5 cm³/mol. The third kappa shape index (κ3) is 3.68. The van der Waals surface area contributed by atoms with E-state index in [0.29, 0.717) is 13.2 Å². The maximum absolute atomic E-state index is 12.5. The average Bonchev–Trinajstić information content (AvgIpc) is 2.69. The van der Waals surface area contributed by atoms with Crippen molar-refractivity contribution in [2.75, 3.05) is 24.2 Å². The Bertz CT molecular complexity index is 354. The van der Waals surface area contributed by atoms with Gasteiger partial charge < -0.3 is 4.74 Å². The summed E-state index contributed by atoms with van der Waals surface area (Å²) < 4.78 is 32.2. The van der Waals surface area contributed by atoms with Gasteiger partial charge in [0.1, 0.15) is 0 Å². The fourth-order valence-electron chi connectivity index (χ4n) is 2.78. The molecule has 2 aliphatic heterocycles. The zero-order chi connectivity index (χ0) is 13.0. The Labute approximate surface area is 118 Å². The molecule has 18 heavy (non-hydrogen) atoms. The van der Waals surface area contributed by atoms with E-state index in [-0.39, 0.29) is 17.9 Å². The van der Waals surface area contributed by atoms with Crippen LogP contribution in [0.15, 0.2) is 0 Å². The van der Waals surface area contributed by atoms with Crippen LogP contribution in [-0.2, 0) is 14.8 Å². The molecule has 2 unspecified atom stereocenters. The fraction of sp³-hybridized carbons (Fsp3) is 1.00. The molecule has 0 radical (unpaired) electrons. The molecule has 2 saturated heterocycles. The number of sulfonamides is 1. The van der Waals surface area contributed by atoms with Crippen LogP contribution in [0.5, 0.6) is 0 Å². The molecule has 0 saturated carbocycles. The highest BCUT2D eigenvalue weighted by atomic mass is 79.9. The molecule has 0 spiro atoms. The highest BCUT2D eigenvalue weighted by molar-refractivity contribution is 9.09. The molecule has 6 heteroatoms. The summed E-state index contributed by atoms with van der Waals surface area (Å²) in [6, 6.07) is 0.124. The summed E-state index contributed by atoms with van der Waals surface area (Å²) >= 11 is 3.45. The van der Waals surface area contributed by atoms with Crippen LogP contribution in [0.1, 0.15) is 38.5 Å². The Morgan fingerprint density at radius 2 is 2.00 bits per heavy atom. The predicted octanol–water partition coefficient (Wildman–Crippen LogP) is 2.13. The van der Waals surface area contributed by atoms with Crippen LogP contribution in [0.3, 0.4) is 0 Å². The largest absolute Gasteiger partial charge is 0.377 e. The summed E-state index contributed by atoms with van der Waals surface area (Å²) in [4.78, 5) is 0. The van der Waals surface area contributed by atoms with E-state index in [4.69, 9.17) is 4.74 Å². The lowest BCUT2D eigenvalue weighted by Crippen LogP contribution is -2.44. The molecule has 0 aromatic carbocycles. The van der Waals surface area contributed by atoms with Crippen LogP contribution >= 0.6 is 15.9 Å². The maximum Gasteiger partial charge on any atom is 0.216 e. The minimum Gasteiger partial charge on any atom is -0.377 e. The van der Waals surface area contributed by atoms with Crippen molar-refractivity contribution in [3.63, 3.8) is 0 Å². The van der Waals surface area contributed by atoms with E-state index in [2.05, 4.69) is 15.9 Å². The second kappa shape index (κ2) is 6.68. The van der Waals surface area contributed by atoms with Gasteiger partial charge in [-0.15, -0.1) is 0 Å². The Kier molecular flexibility index (Phi) is 5.47. The van der Waals surface area contributed by atoms with Crippen LogP contribution < -0.4 is 0 Å². The highest BCUT2D eigenvalue weighted by Crippen LogP contribution is 2.24. The van der Waals surface area contributed by atoms with E-state index in [0.717, 1.165) is 43.9 Å². The summed E-state index contributed by atoms with van der Waals surface area (Å²) in [5, 5.41) is 0.734. The Balaban J connectivity index is 2.05. The minimum absolute atomic E-state index is 0.0887. The zero-order valence-corrected chi connectivity index (χ0v) is 13.1. The molecular weight excluding hydrogens is 318 g/mol. The molecule has 106 valence electrons. The molecular formula is C12H22BrNO3S. The number of nitrogens with zero attached hydrogens (tertiary/aromatic N) is 1. The van der Waals surface area contributed by atoms with E-state index >= 15 is 0 Å². The molecule has 0 N–H and O–H groups in total. The second-order valence-electron chi connectivity index (χ2n) is 5.18. The molecule has 0 aromatic rings. The lowest BCUT2D eigenvalue weighted by molar-refractivity contribution is 0.126. The number of ether oxygens (including phenoxy) is 1. The van der Waals surface area contributed by atoms with Crippen LogP contribution in [-0.4, -0.2) is 49.1 Å². The summed E-state index contributed by atoms with van der Waals surface area (Å²) in [6.07, 6.45) is 5.99. The van der Waals surface area contributed by atoms with E-state index in [9.17, 15) is 8.42 Å². The Morgan fingerprint density at radius 1 is 1.17 bits per heavy atom. The van der Waals surface area contributed by atoms with Crippen LogP contribution in [0.2, 0.25) is 0 Å². The number of hydrogen-bond donors (Lipinski definition) is 0. The van der Waals surface area contributed by atoms with Crippen molar-refractivity contribution >= 4 is 26.0 Å². The van der Waals surface area contributed by atoms with Gasteiger partial charge in [0, 0.05) is 24.5 Å². The number of halogens is 1. The number of alkyl halides is 1. The van der Waals surface area contributed by atoms with Gasteiger partial charge in [-0.05, 0) is 25.7 Å². The standard InChI is InChI=1S/C12H22BrNO3S/c13-9-11-5-2-1-3-7-14(11)18(15,16)10-12-6-4-8-17-12/h11-12H,1-10H2. The van der Waals surface area contributed by atoms with Crippen LogP contribution in [0.4, 0.5) is 0 Å². The van der Waals surface area contributed by atoms with E-state index in [1.807, 2.05) is 0 Å². The van der Waals surface area contributed by atoms with Crippen molar-refractivity contribution in [1.29, 1.82) is 0 Å². The van der Waals surface area contributed by atoms with Crippen LogP contribution in [0, 0.1) is 0 Å². The van der Waals surface area contributed by atoms with Crippen molar-refractivity contribution in [1.82, 2.24) is 4.31 Å². The molecule has 2 atom stereocenters. The third-order valence-corrected chi connectivity index (χ3v) is 6.51. The van der Waals surface area contributed by atoms with Gasteiger partial charge in [0.05, 0.1) is 11.9 Å². The zero-order valence-electron chi connectivity index (χ0n) is 10.7. The van der Waals surface area contributed by atoms with Gasteiger partial charge >= 0.3 is 0 Å². The first kappa shape index (κ1) is 14.8. The number of hydrogen-bond acceptors (Lipinski definition) is 3. The Morgan fingerprint density at radius 3 is 2.67 bits per heavy atom. The van der Waals surface area contributed by atoms with E-state index < -0.39 is 10.0 Å². The molecule has 4 nitrogen and oxygen atoms in total. The van der Waals surface area contributed by atoms with Gasteiger partial charge in [-0.25, -0.2) is 8.42 Å². The lowest BCUT2D eigenvalue weighted by atomic mass is 10.1. The summed E-state index contributed by atoms with van der Waals surface area (Å²) in [5.41, 5.74) is 0. The molecule has 0 aromatic heterocycles. The first-order valence-corrected chi connectivity index (χ1v) is 9.53. The summed E-state index contributed by atoms with van der Waals surface area (Å²) in [6.45, 7) is 1.38. The topological polar surface area (TPSA) is 46.6 Å². The van der Waals surface area contributed by atoms with Gasteiger partial charge in [-0.2, -0.15) is 4.31 Å². The van der Waals surface area contributed by atoms with Crippen molar-refractivity contribution < 1.29 is 13.2 Å². The minimum atomic E-state index is -3.17. The van der Waals surface area contributed by atoms with Crippen molar-refractivity contribution in [2.24, 2.45) is 0 Å². The smallest absolute Gasteiger partial charge is 0.216 e. The van der Waals surface area contributed by atoms with E-state index in [1.54, 1.807) is 4.31 Å². The first-order valence-electron chi connectivity index (χ1n) is 6.80. The van der Waals surface area contributed by atoms with Gasteiger partial charge in [0.25, 0.3) is 0 Å². The molecule has 2 rings (SSSR count). The SMILES string of the molecule is O=S(=O)(CC1CCCO1)N1CCCCCC1CBr. The van der Waals surface area contributed by atoms with Crippen molar-refractivity contribution in [2.45, 2.75) is 50.7 Å². The molecule has 0 bridgehead atoms. The normalized spacial score (nSPS) is 31.4. The monoisotopic (exact) mass is 339 g/mol. The quantitative estimate of drug-likeness (QED) is 0.737. The third-order valence-electron chi connectivity index (χ3n) is 3.78. The summed E-state index contributed by atoms with van der Waals surface area (Å²) in [5.74, 6) is 0.163. The van der Waals surface area contributed by atoms with Gasteiger partial charge in [-0.3, -0.25) is 0 Å². The van der Waals surface area contributed by atoms with Crippen molar-refractivity contribution in [3.05, 3.63) is 0 Å². The fourth-order valence-corrected chi connectivity index (χ4v) is 5.61. The highest BCUT2D eigenvalue weighted by Gasteiger charge is 2.33. The number of rotatable bonds is 4. The van der Waals surface area contributed by atoms with Gasteiger partial charge in [-0.1, -0.05) is 28.8 Å². The Hall–Kier alpha value is 0.350. The summed E-state index contributed by atoms with van der Waals surface area (Å²) in [7, 11) is -3.17. The molecule has 2 fully saturated rings.